The molecule has 0 radical (unpaired) electrons. The molecular formula is C18H26N2. The molecule has 2 rings (SSSR count). The van der Waals surface area contributed by atoms with Crippen LogP contribution in [0, 0.1) is 0 Å². The van der Waals surface area contributed by atoms with E-state index in [4.69, 9.17) is 5.84 Å². The average molecular weight is 270 g/mol. The van der Waals surface area contributed by atoms with Crippen LogP contribution in [0.25, 0.3) is 10.8 Å². The first-order valence-corrected chi connectivity index (χ1v) is 7.80. The van der Waals surface area contributed by atoms with Crippen molar-refractivity contribution in [3.05, 3.63) is 48.0 Å². The molecule has 1 unspecified atom stereocenters. The molecule has 2 aromatic carbocycles. The Labute approximate surface area is 122 Å². The third-order valence-electron chi connectivity index (χ3n) is 4.00. The van der Waals surface area contributed by atoms with Gasteiger partial charge in [-0.2, -0.15) is 0 Å². The predicted octanol–water partition coefficient (Wildman–Crippen LogP) is 4.70. The van der Waals surface area contributed by atoms with E-state index in [0.29, 0.717) is 0 Å². The first-order chi connectivity index (χ1) is 9.86. The van der Waals surface area contributed by atoms with Gasteiger partial charge in [-0.3, -0.25) is 11.3 Å². The van der Waals surface area contributed by atoms with Gasteiger partial charge in [-0.1, -0.05) is 81.5 Å². The van der Waals surface area contributed by atoms with Crippen molar-refractivity contribution in [2.45, 2.75) is 51.5 Å². The van der Waals surface area contributed by atoms with Crippen LogP contribution in [0.15, 0.2) is 42.5 Å². The molecule has 0 bridgehead atoms. The Kier molecular flexibility index (Phi) is 6.03. The molecule has 0 amide bonds. The van der Waals surface area contributed by atoms with Crippen LogP contribution in [0.4, 0.5) is 0 Å². The van der Waals surface area contributed by atoms with Crippen molar-refractivity contribution in [2.24, 2.45) is 5.84 Å². The Morgan fingerprint density at radius 1 is 0.950 bits per heavy atom. The molecule has 0 saturated heterocycles. The molecule has 0 heterocycles. The van der Waals surface area contributed by atoms with Crippen molar-refractivity contribution >= 4 is 10.8 Å². The van der Waals surface area contributed by atoms with E-state index in [1.807, 2.05) is 0 Å². The van der Waals surface area contributed by atoms with E-state index in [2.05, 4.69) is 54.8 Å². The summed E-state index contributed by atoms with van der Waals surface area (Å²) in [5.74, 6) is 5.79. The number of unbranched alkanes of at least 4 members (excludes halogenated alkanes) is 4. The third kappa shape index (κ3) is 3.81. The maximum absolute atomic E-state index is 5.79. The smallest absolute Gasteiger partial charge is 0.0466 e. The first kappa shape index (κ1) is 15.0. The monoisotopic (exact) mass is 270 g/mol. The number of fused-ring (bicyclic) bond motifs is 1. The number of benzene rings is 2. The molecule has 0 aliphatic heterocycles. The maximum Gasteiger partial charge on any atom is 0.0466 e. The highest BCUT2D eigenvalue weighted by molar-refractivity contribution is 5.86. The van der Waals surface area contributed by atoms with Crippen LogP contribution in [0.5, 0.6) is 0 Å². The van der Waals surface area contributed by atoms with Crippen molar-refractivity contribution in [3.63, 3.8) is 0 Å². The molecule has 3 N–H and O–H groups in total. The lowest BCUT2D eigenvalue weighted by molar-refractivity contribution is 0.481. The number of rotatable bonds is 8. The molecule has 0 fully saturated rings. The Balaban J connectivity index is 2.05. The lowest BCUT2D eigenvalue weighted by Gasteiger charge is -2.18. The SMILES string of the molecule is CCCCCCCC(NN)c1cccc2ccccc12. The normalized spacial score (nSPS) is 12.7. The average Bonchev–Trinajstić information content (AvgIpc) is 2.51. The van der Waals surface area contributed by atoms with Crippen LogP contribution in [-0.2, 0) is 0 Å². The summed E-state index contributed by atoms with van der Waals surface area (Å²) in [5.41, 5.74) is 4.32. The van der Waals surface area contributed by atoms with Gasteiger partial charge < -0.3 is 0 Å². The van der Waals surface area contributed by atoms with Crippen LogP contribution in [0.1, 0.15) is 57.1 Å². The molecule has 2 heteroatoms. The molecule has 0 spiro atoms. The van der Waals surface area contributed by atoms with Crippen LogP contribution in [0.3, 0.4) is 0 Å². The van der Waals surface area contributed by atoms with Crippen LogP contribution in [-0.4, -0.2) is 0 Å². The Hall–Kier alpha value is -1.38. The van der Waals surface area contributed by atoms with E-state index in [0.717, 1.165) is 6.42 Å². The van der Waals surface area contributed by atoms with E-state index in [1.54, 1.807) is 0 Å². The fraction of sp³-hybridized carbons (Fsp3) is 0.444. The topological polar surface area (TPSA) is 38.0 Å². The summed E-state index contributed by atoms with van der Waals surface area (Å²) in [4.78, 5) is 0. The maximum atomic E-state index is 5.79. The standard InChI is InChI=1S/C18H26N2/c1-2-3-4-5-6-14-18(20-19)17-13-9-11-15-10-7-8-12-16(15)17/h7-13,18,20H,2-6,14,19H2,1H3. The van der Waals surface area contributed by atoms with Crippen molar-refractivity contribution in [1.82, 2.24) is 5.43 Å². The minimum Gasteiger partial charge on any atom is -0.271 e. The largest absolute Gasteiger partial charge is 0.271 e. The van der Waals surface area contributed by atoms with Crippen LogP contribution in [0.2, 0.25) is 0 Å². The fourth-order valence-corrected chi connectivity index (χ4v) is 2.83. The highest BCUT2D eigenvalue weighted by Gasteiger charge is 2.12. The second-order valence-electron chi connectivity index (χ2n) is 5.49. The van der Waals surface area contributed by atoms with E-state index in [9.17, 15) is 0 Å². The van der Waals surface area contributed by atoms with Crippen molar-refractivity contribution in [3.8, 4) is 0 Å². The lowest BCUT2D eigenvalue weighted by atomic mass is 9.95. The lowest BCUT2D eigenvalue weighted by Crippen LogP contribution is -2.28. The molecular weight excluding hydrogens is 244 g/mol. The zero-order valence-electron chi connectivity index (χ0n) is 12.4. The van der Waals surface area contributed by atoms with E-state index < -0.39 is 0 Å². The summed E-state index contributed by atoms with van der Waals surface area (Å²) in [6, 6.07) is 15.3. The molecule has 20 heavy (non-hydrogen) atoms. The highest BCUT2D eigenvalue weighted by Crippen LogP contribution is 2.27. The van der Waals surface area contributed by atoms with Crippen molar-refractivity contribution < 1.29 is 0 Å². The third-order valence-corrected chi connectivity index (χ3v) is 4.00. The molecule has 0 aromatic heterocycles. The zero-order chi connectivity index (χ0) is 14.2. The summed E-state index contributed by atoms with van der Waals surface area (Å²) in [7, 11) is 0. The summed E-state index contributed by atoms with van der Waals surface area (Å²) in [5, 5.41) is 2.60. The first-order valence-electron chi connectivity index (χ1n) is 7.80. The van der Waals surface area contributed by atoms with Gasteiger partial charge in [-0.05, 0) is 22.8 Å². The minimum atomic E-state index is 0.253. The molecule has 2 nitrogen and oxygen atoms in total. The molecule has 0 saturated carbocycles. The van der Waals surface area contributed by atoms with Gasteiger partial charge in [-0.25, -0.2) is 0 Å². The van der Waals surface area contributed by atoms with Gasteiger partial charge in [0.25, 0.3) is 0 Å². The Morgan fingerprint density at radius 3 is 2.50 bits per heavy atom. The Morgan fingerprint density at radius 2 is 1.70 bits per heavy atom. The van der Waals surface area contributed by atoms with E-state index in [-0.39, 0.29) is 6.04 Å². The summed E-state index contributed by atoms with van der Waals surface area (Å²) in [6.45, 7) is 2.25. The van der Waals surface area contributed by atoms with E-state index >= 15 is 0 Å². The Bertz CT molecular complexity index is 516. The van der Waals surface area contributed by atoms with Crippen molar-refractivity contribution in [2.75, 3.05) is 0 Å². The summed E-state index contributed by atoms with van der Waals surface area (Å²) >= 11 is 0. The van der Waals surface area contributed by atoms with Crippen LogP contribution >= 0.6 is 0 Å². The van der Waals surface area contributed by atoms with Crippen molar-refractivity contribution in [1.29, 1.82) is 0 Å². The highest BCUT2D eigenvalue weighted by atomic mass is 15.2. The number of hydrogen-bond acceptors (Lipinski definition) is 2. The summed E-state index contributed by atoms with van der Waals surface area (Å²) in [6.07, 6.45) is 7.61. The van der Waals surface area contributed by atoms with Crippen LogP contribution < -0.4 is 11.3 Å². The number of hydrogen-bond donors (Lipinski definition) is 2. The molecule has 2 aromatic rings. The summed E-state index contributed by atoms with van der Waals surface area (Å²) < 4.78 is 0. The second kappa shape index (κ2) is 8.03. The van der Waals surface area contributed by atoms with Gasteiger partial charge in [0.2, 0.25) is 0 Å². The molecule has 0 aliphatic carbocycles. The van der Waals surface area contributed by atoms with Gasteiger partial charge in [0.05, 0.1) is 0 Å². The second-order valence-corrected chi connectivity index (χ2v) is 5.49. The number of nitrogens with two attached hydrogens (primary N) is 1. The zero-order valence-corrected chi connectivity index (χ0v) is 12.4. The fourth-order valence-electron chi connectivity index (χ4n) is 2.83. The van der Waals surface area contributed by atoms with Gasteiger partial charge in [0.1, 0.15) is 0 Å². The minimum absolute atomic E-state index is 0.253. The van der Waals surface area contributed by atoms with Gasteiger partial charge in [-0.15, -0.1) is 0 Å². The van der Waals surface area contributed by atoms with Gasteiger partial charge in [0, 0.05) is 6.04 Å². The van der Waals surface area contributed by atoms with Gasteiger partial charge in [0.15, 0.2) is 0 Å². The van der Waals surface area contributed by atoms with E-state index in [1.165, 1.54) is 48.4 Å². The quantitative estimate of drug-likeness (QED) is 0.414. The van der Waals surface area contributed by atoms with Gasteiger partial charge >= 0.3 is 0 Å². The molecule has 1 atom stereocenters. The molecule has 0 aliphatic rings. The number of nitrogens with one attached hydrogen (secondary N) is 1. The molecule has 108 valence electrons. The predicted molar refractivity (Wildman–Crippen MR) is 87.4 cm³/mol. The number of hydrazine groups is 1.